The van der Waals surface area contributed by atoms with Crippen LogP contribution in [0.4, 0.5) is 4.79 Å². The van der Waals surface area contributed by atoms with Gasteiger partial charge in [0.15, 0.2) is 0 Å². The summed E-state index contributed by atoms with van der Waals surface area (Å²) in [4.78, 5) is 37.1. The zero-order valence-corrected chi connectivity index (χ0v) is 13.9. The predicted octanol–water partition coefficient (Wildman–Crippen LogP) is 2.68. The Kier molecular flexibility index (Phi) is 5.44. The molecule has 1 aliphatic heterocycles. The molecule has 0 bridgehead atoms. The van der Waals surface area contributed by atoms with E-state index in [-0.39, 0.29) is 4.91 Å². The molecule has 2 amide bonds. The zero-order valence-electron chi connectivity index (χ0n) is 13.1. The van der Waals surface area contributed by atoms with Gasteiger partial charge >= 0.3 is 5.97 Å². The van der Waals surface area contributed by atoms with Gasteiger partial charge in [-0.1, -0.05) is 12.1 Å². The molecular formula is C16H17NO5S. The number of imide groups is 1. The molecule has 23 heavy (non-hydrogen) atoms. The van der Waals surface area contributed by atoms with Crippen LogP contribution in [-0.4, -0.2) is 41.8 Å². The number of amides is 2. The molecule has 0 saturated carbocycles. The van der Waals surface area contributed by atoms with E-state index < -0.39 is 23.2 Å². The van der Waals surface area contributed by atoms with E-state index in [4.69, 9.17) is 4.74 Å². The van der Waals surface area contributed by atoms with Gasteiger partial charge in [0.2, 0.25) is 0 Å². The van der Waals surface area contributed by atoms with Crippen molar-refractivity contribution in [2.45, 2.75) is 19.9 Å². The van der Waals surface area contributed by atoms with E-state index >= 15 is 0 Å². The van der Waals surface area contributed by atoms with Crippen molar-refractivity contribution in [1.29, 1.82) is 0 Å². The molecule has 1 saturated heterocycles. The van der Waals surface area contributed by atoms with Crippen LogP contribution in [0.2, 0.25) is 0 Å². The van der Waals surface area contributed by atoms with Crippen molar-refractivity contribution >= 4 is 35.0 Å². The number of esters is 1. The highest BCUT2D eigenvalue weighted by Crippen LogP contribution is 2.34. The Morgan fingerprint density at radius 3 is 2.52 bits per heavy atom. The first kappa shape index (κ1) is 17.1. The fraction of sp³-hybridized carbons (Fsp3) is 0.312. The maximum atomic E-state index is 12.3. The topological polar surface area (TPSA) is 72.9 Å². The lowest BCUT2D eigenvalue weighted by atomic mass is 10.2. The van der Waals surface area contributed by atoms with Crippen molar-refractivity contribution in [2.75, 3.05) is 13.7 Å². The molecule has 122 valence electrons. The van der Waals surface area contributed by atoms with Crippen molar-refractivity contribution < 1.29 is 23.9 Å². The number of hydrogen-bond acceptors (Lipinski definition) is 6. The van der Waals surface area contributed by atoms with Crippen LogP contribution in [0.15, 0.2) is 29.2 Å². The van der Waals surface area contributed by atoms with Crippen LogP contribution in [0.1, 0.15) is 19.4 Å². The van der Waals surface area contributed by atoms with Gasteiger partial charge in [0, 0.05) is 0 Å². The van der Waals surface area contributed by atoms with Crippen molar-refractivity contribution in [3.63, 3.8) is 0 Å². The first-order valence-electron chi connectivity index (χ1n) is 7.05. The molecule has 1 fully saturated rings. The molecular weight excluding hydrogens is 318 g/mol. The van der Waals surface area contributed by atoms with Gasteiger partial charge in [-0.15, -0.1) is 0 Å². The summed E-state index contributed by atoms with van der Waals surface area (Å²) in [5.74, 6) is -0.390. The Balaban J connectivity index is 2.19. The molecule has 6 nitrogen and oxygen atoms in total. The average Bonchev–Trinajstić information content (AvgIpc) is 2.82. The summed E-state index contributed by atoms with van der Waals surface area (Å²) < 4.78 is 9.93. The summed E-state index contributed by atoms with van der Waals surface area (Å²) in [6, 6.07) is 6.22. The van der Waals surface area contributed by atoms with Crippen molar-refractivity contribution in [1.82, 2.24) is 4.90 Å². The molecule has 1 atom stereocenters. The quantitative estimate of drug-likeness (QED) is 0.608. The Morgan fingerprint density at radius 1 is 1.30 bits per heavy atom. The summed E-state index contributed by atoms with van der Waals surface area (Å²) >= 11 is 0.807. The van der Waals surface area contributed by atoms with Crippen molar-refractivity contribution in [2.24, 2.45) is 0 Å². The third-order valence-corrected chi connectivity index (χ3v) is 4.13. The lowest BCUT2D eigenvalue weighted by molar-refractivity contribution is -0.148. The number of nitrogens with zero attached hydrogens (tertiary/aromatic N) is 1. The fourth-order valence-corrected chi connectivity index (χ4v) is 2.98. The molecule has 0 aromatic heterocycles. The lowest BCUT2D eigenvalue weighted by Gasteiger charge is -2.18. The third kappa shape index (κ3) is 3.73. The SMILES string of the molecule is CCOc1ccc(C=C2SC(=O)N(C(C)C(=O)OC)C2=O)cc1. The summed E-state index contributed by atoms with van der Waals surface area (Å²) in [7, 11) is 1.22. The second-order valence-electron chi connectivity index (χ2n) is 4.75. The summed E-state index contributed by atoms with van der Waals surface area (Å²) in [5.41, 5.74) is 0.768. The highest BCUT2D eigenvalue weighted by molar-refractivity contribution is 8.18. The largest absolute Gasteiger partial charge is 0.494 e. The van der Waals surface area contributed by atoms with Gasteiger partial charge < -0.3 is 9.47 Å². The molecule has 1 aromatic carbocycles. The zero-order chi connectivity index (χ0) is 17.0. The Bertz CT molecular complexity index is 653. The van der Waals surface area contributed by atoms with E-state index in [1.165, 1.54) is 14.0 Å². The molecule has 1 aliphatic rings. The molecule has 1 unspecified atom stereocenters. The van der Waals surface area contributed by atoms with Crippen LogP contribution in [0.25, 0.3) is 6.08 Å². The van der Waals surface area contributed by atoms with Gasteiger partial charge in [0.1, 0.15) is 11.8 Å². The second kappa shape index (κ2) is 7.32. The van der Waals surface area contributed by atoms with Gasteiger partial charge in [0.05, 0.1) is 18.6 Å². The van der Waals surface area contributed by atoms with E-state index in [1.54, 1.807) is 30.3 Å². The maximum Gasteiger partial charge on any atom is 0.328 e. The van der Waals surface area contributed by atoms with Crippen LogP contribution in [0.3, 0.4) is 0 Å². The molecule has 7 heteroatoms. The van der Waals surface area contributed by atoms with Gasteiger partial charge in [0.25, 0.3) is 11.1 Å². The first-order valence-corrected chi connectivity index (χ1v) is 7.87. The minimum absolute atomic E-state index is 0.273. The van der Waals surface area contributed by atoms with Crippen LogP contribution >= 0.6 is 11.8 Å². The normalized spacial score (nSPS) is 17.5. The van der Waals surface area contributed by atoms with Crippen LogP contribution in [-0.2, 0) is 14.3 Å². The highest BCUT2D eigenvalue weighted by atomic mass is 32.2. The number of carbonyl (C=O) groups is 3. The van der Waals surface area contributed by atoms with Crippen LogP contribution < -0.4 is 4.74 Å². The first-order chi connectivity index (χ1) is 11.0. The number of methoxy groups -OCH3 is 1. The Morgan fingerprint density at radius 2 is 1.96 bits per heavy atom. The molecule has 1 heterocycles. The standard InChI is InChI=1S/C16H17NO5S/c1-4-22-12-7-5-11(6-8-12)9-13-14(18)17(16(20)23-13)10(2)15(19)21-3/h5-10H,4H2,1-3H3. The number of hydrogen-bond donors (Lipinski definition) is 0. The number of carbonyl (C=O) groups excluding carboxylic acids is 3. The van der Waals surface area contributed by atoms with E-state index in [1.807, 2.05) is 6.92 Å². The van der Waals surface area contributed by atoms with Crippen molar-refractivity contribution in [3.8, 4) is 5.75 Å². The molecule has 0 N–H and O–H groups in total. The molecule has 2 rings (SSSR count). The van der Waals surface area contributed by atoms with E-state index in [2.05, 4.69) is 4.74 Å². The number of benzene rings is 1. The third-order valence-electron chi connectivity index (χ3n) is 3.24. The fourth-order valence-electron chi connectivity index (χ4n) is 2.07. The lowest BCUT2D eigenvalue weighted by Crippen LogP contribution is -2.42. The molecule has 0 radical (unpaired) electrons. The maximum absolute atomic E-state index is 12.3. The van der Waals surface area contributed by atoms with Gasteiger partial charge in [-0.2, -0.15) is 0 Å². The Hall–Kier alpha value is -2.28. The van der Waals surface area contributed by atoms with Gasteiger partial charge in [-0.05, 0) is 49.4 Å². The number of ether oxygens (including phenoxy) is 2. The molecule has 0 spiro atoms. The number of rotatable bonds is 5. The predicted molar refractivity (Wildman–Crippen MR) is 86.9 cm³/mol. The van der Waals surface area contributed by atoms with E-state index in [0.717, 1.165) is 28.0 Å². The molecule has 0 aliphatic carbocycles. The van der Waals surface area contributed by atoms with Gasteiger partial charge in [-0.25, -0.2) is 4.79 Å². The smallest absolute Gasteiger partial charge is 0.328 e. The Labute approximate surface area is 138 Å². The number of thioether (sulfide) groups is 1. The highest BCUT2D eigenvalue weighted by Gasteiger charge is 2.41. The average molecular weight is 335 g/mol. The van der Waals surface area contributed by atoms with E-state index in [9.17, 15) is 14.4 Å². The minimum Gasteiger partial charge on any atom is -0.494 e. The minimum atomic E-state index is -0.946. The van der Waals surface area contributed by atoms with Crippen molar-refractivity contribution in [3.05, 3.63) is 34.7 Å². The van der Waals surface area contributed by atoms with Crippen LogP contribution in [0.5, 0.6) is 5.75 Å². The van der Waals surface area contributed by atoms with E-state index in [0.29, 0.717) is 6.61 Å². The molecule has 1 aromatic rings. The van der Waals surface area contributed by atoms with Crippen LogP contribution in [0, 0.1) is 0 Å². The summed E-state index contributed by atoms with van der Waals surface area (Å²) in [6.07, 6.45) is 1.62. The summed E-state index contributed by atoms with van der Waals surface area (Å²) in [5, 5.41) is -0.481. The van der Waals surface area contributed by atoms with Gasteiger partial charge in [-0.3, -0.25) is 14.5 Å². The second-order valence-corrected chi connectivity index (χ2v) is 5.75. The monoisotopic (exact) mass is 335 g/mol. The summed E-state index contributed by atoms with van der Waals surface area (Å²) in [6.45, 7) is 3.93.